The van der Waals surface area contributed by atoms with E-state index in [-0.39, 0.29) is 18.9 Å². The summed E-state index contributed by atoms with van der Waals surface area (Å²) in [6, 6.07) is 7.21. The van der Waals surface area contributed by atoms with Gasteiger partial charge in [0, 0.05) is 24.5 Å². The summed E-state index contributed by atoms with van der Waals surface area (Å²) in [7, 11) is 0. The third-order valence-corrected chi connectivity index (χ3v) is 2.95. The van der Waals surface area contributed by atoms with Crippen molar-refractivity contribution in [2.45, 2.75) is 32.7 Å². The highest BCUT2D eigenvalue weighted by molar-refractivity contribution is 6.30. The van der Waals surface area contributed by atoms with Crippen LogP contribution in [0.2, 0.25) is 5.02 Å². The van der Waals surface area contributed by atoms with Crippen LogP contribution in [0.15, 0.2) is 24.3 Å². The molecule has 0 aliphatic heterocycles. The second-order valence-corrected chi connectivity index (χ2v) is 4.77. The van der Waals surface area contributed by atoms with Crippen LogP contribution in [-0.4, -0.2) is 28.4 Å². The average Bonchev–Trinajstić information content (AvgIpc) is 2.36. The minimum Gasteiger partial charge on any atom is -0.481 e. The van der Waals surface area contributed by atoms with Crippen LogP contribution in [0.4, 0.5) is 0 Å². The monoisotopic (exact) mass is 283 g/mol. The lowest BCUT2D eigenvalue weighted by molar-refractivity contribution is -0.138. The maximum Gasteiger partial charge on any atom is 0.305 e. The van der Waals surface area contributed by atoms with Gasteiger partial charge in [0.05, 0.1) is 6.42 Å². The number of carbonyl (C=O) groups is 2. The Labute approximate surface area is 118 Å². The van der Waals surface area contributed by atoms with Crippen LogP contribution in [0.5, 0.6) is 0 Å². The van der Waals surface area contributed by atoms with Crippen LogP contribution < -0.4 is 0 Å². The summed E-state index contributed by atoms with van der Waals surface area (Å²) in [5.41, 5.74) is 0.944. The quantitative estimate of drug-likeness (QED) is 0.837. The molecule has 0 heterocycles. The predicted molar refractivity (Wildman–Crippen MR) is 74.0 cm³/mol. The molecule has 5 heteroatoms. The summed E-state index contributed by atoms with van der Waals surface area (Å²) in [6.45, 7) is 2.58. The number of nitrogens with zero attached hydrogens (tertiary/aromatic N) is 1. The Morgan fingerprint density at radius 1 is 1.21 bits per heavy atom. The van der Waals surface area contributed by atoms with Gasteiger partial charge in [0.1, 0.15) is 0 Å². The fourth-order valence-corrected chi connectivity index (χ4v) is 1.83. The highest BCUT2D eigenvalue weighted by Crippen LogP contribution is 2.12. The minimum absolute atomic E-state index is 0.0151. The van der Waals surface area contributed by atoms with Crippen LogP contribution in [-0.2, 0) is 16.1 Å². The molecule has 0 aromatic heterocycles. The molecule has 1 rings (SSSR count). The molecule has 1 aromatic rings. The topological polar surface area (TPSA) is 57.6 Å². The van der Waals surface area contributed by atoms with Crippen molar-refractivity contribution in [2.24, 2.45) is 0 Å². The Morgan fingerprint density at radius 2 is 1.84 bits per heavy atom. The third kappa shape index (κ3) is 5.75. The van der Waals surface area contributed by atoms with E-state index in [2.05, 4.69) is 0 Å². The lowest BCUT2D eigenvalue weighted by Gasteiger charge is -2.22. The van der Waals surface area contributed by atoms with E-state index in [1.165, 1.54) is 0 Å². The van der Waals surface area contributed by atoms with Crippen molar-refractivity contribution in [3.05, 3.63) is 34.9 Å². The van der Waals surface area contributed by atoms with Gasteiger partial charge in [-0.2, -0.15) is 0 Å². The molecule has 1 amide bonds. The zero-order chi connectivity index (χ0) is 14.3. The van der Waals surface area contributed by atoms with Crippen LogP contribution in [0, 0.1) is 0 Å². The molecule has 0 saturated heterocycles. The molecule has 1 aromatic carbocycles. The Kier molecular flexibility index (Phi) is 6.36. The summed E-state index contributed by atoms with van der Waals surface area (Å²) in [5, 5.41) is 9.36. The van der Waals surface area contributed by atoms with Gasteiger partial charge >= 0.3 is 5.97 Å². The van der Waals surface area contributed by atoms with Crippen molar-refractivity contribution < 1.29 is 14.7 Å². The summed E-state index contributed by atoms with van der Waals surface area (Å²) < 4.78 is 0. The first kappa shape index (κ1) is 15.5. The summed E-state index contributed by atoms with van der Waals surface area (Å²) >= 11 is 5.80. The smallest absolute Gasteiger partial charge is 0.305 e. The number of hydrogen-bond acceptors (Lipinski definition) is 2. The van der Waals surface area contributed by atoms with E-state index in [1.54, 1.807) is 17.0 Å². The number of carboxylic acid groups (broad SMARTS) is 1. The van der Waals surface area contributed by atoms with Crippen LogP contribution in [0.3, 0.4) is 0 Å². The Bertz CT molecular complexity index is 431. The van der Waals surface area contributed by atoms with Crippen molar-refractivity contribution in [1.82, 2.24) is 4.90 Å². The molecular formula is C14H18ClNO3. The lowest BCUT2D eigenvalue weighted by atomic mass is 10.2. The number of aliphatic carboxylic acids is 1. The predicted octanol–water partition coefficient (Wildman–Crippen LogP) is 2.94. The van der Waals surface area contributed by atoms with Crippen molar-refractivity contribution >= 4 is 23.5 Å². The van der Waals surface area contributed by atoms with Crippen LogP contribution in [0.1, 0.15) is 31.7 Å². The van der Waals surface area contributed by atoms with Crippen LogP contribution >= 0.6 is 11.6 Å². The Hall–Kier alpha value is -1.55. The largest absolute Gasteiger partial charge is 0.481 e. The second kappa shape index (κ2) is 7.79. The number of carboxylic acids is 1. The fourth-order valence-electron chi connectivity index (χ4n) is 1.70. The first-order valence-electron chi connectivity index (χ1n) is 6.27. The van der Waals surface area contributed by atoms with Gasteiger partial charge in [-0.1, -0.05) is 30.7 Å². The summed E-state index contributed by atoms with van der Waals surface area (Å²) in [4.78, 5) is 24.1. The zero-order valence-corrected chi connectivity index (χ0v) is 11.7. The second-order valence-electron chi connectivity index (χ2n) is 4.34. The molecule has 104 valence electrons. The van der Waals surface area contributed by atoms with Gasteiger partial charge in [0.2, 0.25) is 5.91 Å². The van der Waals surface area contributed by atoms with Gasteiger partial charge in [-0.05, 0) is 24.1 Å². The molecule has 0 saturated carbocycles. The van der Waals surface area contributed by atoms with Gasteiger partial charge in [-0.3, -0.25) is 9.59 Å². The SMILES string of the molecule is CCCC(=O)N(CCC(=O)O)Cc1ccc(Cl)cc1. The van der Waals surface area contributed by atoms with E-state index in [9.17, 15) is 9.59 Å². The number of amides is 1. The van der Waals surface area contributed by atoms with E-state index in [1.807, 2.05) is 19.1 Å². The average molecular weight is 284 g/mol. The molecule has 0 bridgehead atoms. The van der Waals surface area contributed by atoms with E-state index in [4.69, 9.17) is 16.7 Å². The van der Waals surface area contributed by atoms with E-state index < -0.39 is 5.97 Å². The standard InChI is InChI=1S/C14H18ClNO3/c1-2-3-13(17)16(9-8-14(18)19)10-11-4-6-12(15)7-5-11/h4-7H,2-3,8-10H2,1H3,(H,18,19). The van der Waals surface area contributed by atoms with Gasteiger partial charge in [0.15, 0.2) is 0 Å². The molecule has 1 N–H and O–H groups in total. The van der Waals surface area contributed by atoms with Crippen molar-refractivity contribution in [3.63, 3.8) is 0 Å². The number of halogens is 1. The van der Waals surface area contributed by atoms with Crippen molar-refractivity contribution in [2.75, 3.05) is 6.54 Å². The molecule has 0 atom stereocenters. The van der Waals surface area contributed by atoms with Crippen LogP contribution in [0.25, 0.3) is 0 Å². The summed E-state index contributed by atoms with van der Waals surface area (Å²) in [6.07, 6.45) is 1.15. The zero-order valence-electron chi connectivity index (χ0n) is 10.9. The molecule has 0 aliphatic carbocycles. The molecule has 0 spiro atoms. The third-order valence-electron chi connectivity index (χ3n) is 2.70. The first-order chi connectivity index (χ1) is 9.02. The highest BCUT2D eigenvalue weighted by atomic mass is 35.5. The number of hydrogen-bond donors (Lipinski definition) is 1. The maximum absolute atomic E-state index is 11.9. The number of carbonyl (C=O) groups excluding carboxylic acids is 1. The normalized spacial score (nSPS) is 10.2. The van der Waals surface area contributed by atoms with E-state index in [0.717, 1.165) is 12.0 Å². The molecular weight excluding hydrogens is 266 g/mol. The Morgan fingerprint density at radius 3 is 2.37 bits per heavy atom. The fraction of sp³-hybridized carbons (Fsp3) is 0.429. The molecule has 0 aliphatic rings. The van der Waals surface area contributed by atoms with Gasteiger partial charge in [-0.25, -0.2) is 0 Å². The van der Waals surface area contributed by atoms with E-state index >= 15 is 0 Å². The molecule has 4 nitrogen and oxygen atoms in total. The molecule has 0 fully saturated rings. The van der Waals surface area contributed by atoms with Crippen molar-refractivity contribution in [1.29, 1.82) is 0 Å². The van der Waals surface area contributed by atoms with Gasteiger partial charge in [-0.15, -0.1) is 0 Å². The molecule has 0 radical (unpaired) electrons. The van der Waals surface area contributed by atoms with Crippen molar-refractivity contribution in [3.8, 4) is 0 Å². The first-order valence-corrected chi connectivity index (χ1v) is 6.64. The Balaban J connectivity index is 2.69. The van der Waals surface area contributed by atoms with E-state index in [0.29, 0.717) is 18.0 Å². The molecule has 19 heavy (non-hydrogen) atoms. The summed E-state index contributed by atoms with van der Waals surface area (Å²) in [5.74, 6) is -0.913. The van der Waals surface area contributed by atoms with Gasteiger partial charge in [0.25, 0.3) is 0 Å². The molecule has 0 unspecified atom stereocenters. The number of rotatable bonds is 7. The van der Waals surface area contributed by atoms with Gasteiger partial charge < -0.3 is 10.0 Å². The lowest BCUT2D eigenvalue weighted by Crippen LogP contribution is -2.32. The maximum atomic E-state index is 11.9. The minimum atomic E-state index is -0.898. The highest BCUT2D eigenvalue weighted by Gasteiger charge is 2.14. The number of benzene rings is 1.